The lowest BCUT2D eigenvalue weighted by Crippen LogP contribution is -2.23. The van der Waals surface area contributed by atoms with Crippen LogP contribution in [0.5, 0.6) is 0 Å². The van der Waals surface area contributed by atoms with Crippen LogP contribution < -0.4 is 5.32 Å². The Balaban J connectivity index is 1.66. The molecule has 6 nitrogen and oxygen atoms in total. The van der Waals surface area contributed by atoms with E-state index in [1.54, 1.807) is 78.2 Å². The number of Topliss-reactive ketones (excluding diaryl/α,β-unsaturated/α-hetero) is 1. The van der Waals surface area contributed by atoms with Crippen LogP contribution in [0.25, 0.3) is 17.1 Å². The summed E-state index contributed by atoms with van der Waals surface area (Å²) in [4.78, 5) is 24.5. The third kappa shape index (κ3) is 5.03. The van der Waals surface area contributed by atoms with Gasteiger partial charge in [0.25, 0.3) is 0 Å². The van der Waals surface area contributed by atoms with E-state index in [9.17, 15) is 14.0 Å². The van der Waals surface area contributed by atoms with Crippen molar-refractivity contribution in [3.63, 3.8) is 0 Å². The molecule has 9 heteroatoms. The van der Waals surface area contributed by atoms with Crippen LogP contribution in [0.4, 0.5) is 10.1 Å². The van der Waals surface area contributed by atoms with E-state index in [0.717, 1.165) is 11.8 Å². The number of nitrogens with zero attached hydrogens (tertiary/aromatic N) is 3. The fourth-order valence-electron chi connectivity index (χ4n) is 3.28. The van der Waals surface area contributed by atoms with Gasteiger partial charge in [-0.1, -0.05) is 59.8 Å². The van der Waals surface area contributed by atoms with Gasteiger partial charge in [0.15, 0.2) is 16.8 Å². The Hall–Kier alpha value is -3.49. The normalized spacial score (nSPS) is 11.8. The SMILES string of the molecule is CC(=O)c1cccc(NC(=O)C(C)Sc2nnc(-c3ccccc3Cl)n2-c2ccccc2F)c1. The Labute approximate surface area is 205 Å². The summed E-state index contributed by atoms with van der Waals surface area (Å²) in [5, 5.41) is 11.5. The molecule has 0 aliphatic heterocycles. The minimum atomic E-state index is -0.602. The summed E-state index contributed by atoms with van der Waals surface area (Å²) in [5.74, 6) is -0.493. The van der Waals surface area contributed by atoms with Crippen molar-refractivity contribution in [1.29, 1.82) is 0 Å². The van der Waals surface area contributed by atoms with Gasteiger partial charge in [-0.3, -0.25) is 14.2 Å². The highest BCUT2D eigenvalue weighted by molar-refractivity contribution is 8.00. The van der Waals surface area contributed by atoms with Crippen molar-refractivity contribution < 1.29 is 14.0 Å². The first-order chi connectivity index (χ1) is 16.3. The molecule has 1 heterocycles. The number of thioether (sulfide) groups is 1. The number of para-hydroxylation sites is 1. The van der Waals surface area contributed by atoms with E-state index in [0.29, 0.717) is 32.8 Å². The molecule has 0 spiro atoms. The van der Waals surface area contributed by atoms with E-state index in [1.165, 1.54) is 13.0 Å². The van der Waals surface area contributed by atoms with Gasteiger partial charge in [-0.25, -0.2) is 4.39 Å². The number of ketones is 1. The van der Waals surface area contributed by atoms with Crippen molar-refractivity contribution in [2.24, 2.45) is 0 Å². The minimum Gasteiger partial charge on any atom is -0.325 e. The number of benzene rings is 3. The molecule has 172 valence electrons. The zero-order chi connectivity index (χ0) is 24.2. The molecule has 0 radical (unpaired) electrons. The van der Waals surface area contributed by atoms with E-state index in [2.05, 4.69) is 15.5 Å². The monoisotopic (exact) mass is 494 g/mol. The molecule has 0 bridgehead atoms. The Kier molecular flexibility index (Phi) is 7.09. The van der Waals surface area contributed by atoms with Crippen LogP contribution in [0.1, 0.15) is 24.2 Å². The first-order valence-electron chi connectivity index (χ1n) is 10.4. The molecule has 0 aliphatic rings. The van der Waals surface area contributed by atoms with Gasteiger partial charge in [-0.2, -0.15) is 0 Å². The molecule has 1 atom stereocenters. The average Bonchev–Trinajstić information content (AvgIpc) is 3.22. The highest BCUT2D eigenvalue weighted by Gasteiger charge is 2.24. The molecule has 3 aromatic carbocycles. The summed E-state index contributed by atoms with van der Waals surface area (Å²) in [6, 6.07) is 20.1. The first kappa shape index (κ1) is 23.7. The van der Waals surface area contributed by atoms with Crippen LogP contribution in [0.2, 0.25) is 5.02 Å². The number of hydrogen-bond donors (Lipinski definition) is 1. The molecule has 0 fully saturated rings. The van der Waals surface area contributed by atoms with Gasteiger partial charge in [0.05, 0.1) is 16.0 Å². The minimum absolute atomic E-state index is 0.0939. The summed E-state index contributed by atoms with van der Waals surface area (Å²) in [6.45, 7) is 3.18. The molecule has 0 saturated heterocycles. The highest BCUT2D eigenvalue weighted by Crippen LogP contribution is 2.34. The summed E-state index contributed by atoms with van der Waals surface area (Å²) in [7, 11) is 0. The predicted octanol–water partition coefficient (Wildman–Crippen LogP) is 6.05. The van der Waals surface area contributed by atoms with Crippen molar-refractivity contribution >= 4 is 40.7 Å². The summed E-state index contributed by atoms with van der Waals surface area (Å²) < 4.78 is 16.3. The second-order valence-electron chi connectivity index (χ2n) is 7.46. The summed E-state index contributed by atoms with van der Waals surface area (Å²) >= 11 is 7.51. The van der Waals surface area contributed by atoms with Crippen LogP contribution in [0.15, 0.2) is 78.0 Å². The molecule has 1 aromatic heterocycles. The van der Waals surface area contributed by atoms with E-state index >= 15 is 0 Å². The molecule has 4 aromatic rings. The lowest BCUT2D eigenvalue weighted by atomic mass is 10.1. The maximum atomic E-state index is 14.8. The number of nitrogens with one attached hydrogen (secondary N) is 1. The standard InChI is InChI=1S/C25H20ClFN4O2S/c1-15(32)17-8-7-9-18(14-17)28-24(33)16(2)34-25-30-29-23(19-10-3-4-11-20(19)26)31(25)22-13-6-5-12-21(22)27/h3-14,16H,1-2H3,(H,28,33). The van der Waals surface area contributed by atoms with E-state index in [4.69, 9.17) is 11.6 Å². The number of anilines is 1. The maximum Gasteiger partial charge on any atom is 0.237 e. The van der Waals surface area contributed by atoms with Gasteiger partial charge in [-0.15, -0.1) is 10.2 Å². The lowest BCUT2D eigenvalue weighted by Gasteiger charge is -2.15. The second-order valence-corrected chi connectivity index (χ2v) is 9.17. The predicted molar refractivity (Wildman–Crippen MR) is 132 cm³/mol. The van der Waals surface area contributed by atoms with Crippen LogP contribution in [0.3, 0.4) is 0 Å². The van der Waals surface area contributed by atoms with Crippen LogP contribution in [-0.4, -0.2) is 31.7 Å². The Morgan fingerprint density at radius 2 is 1.76 bits per heavy atom. The largest absolute Gasteiger partial charge is 0.325 e. The molecule has 1 N–H and O–H groups in total. The van der Waals surface area contributed by atoms with Crippen LogP contribution >= 0.6 is 23.4 Å². The van der Waals surface area contributed by atoms with Gasteiger partial charge in [0, 0.05) is 16.8 Å². The van der Waals surface area contributed by atoms with Crippen molar-refractivity contribution in [1.82, 2.24) is 14.8 Å². The quantitative estimate of drug-likeness (QED) is 0.250. The molecule has 0 saturated carbocycles. The topological polar surface area (TPSA) is 76.9 Å². The average molecular weight is 495 g/mol. The summed E-state index contributed by atoms with van der Waals surface area (Å²) in [6.07, 6.45) is 0. The van der Waals surface area contributed by atoms with Crippen molar-refractivity contribution in [2.75, 3.05) is 5.32 Å². The second kappa shape index (κ2) is 10.2. The van der Waals surface area contributed by atoms with Crippen molar-refractivity contribution in [2.45, 2.75) is 24.3 Å². The van der Waals surface area contributed by atoms with E-state index in [-0.39, 0.29) is 17.4 Å². The Morgan fingerprint density at radius 3 is 2.50 bits per heavy atom. The number of rotatable bonds is 7. The lowest BCUT2D eigenvalue weighted by molar-refractivity contribution is -0.115. The molecule has 0 aliphatic carbocycles. The van der Waals surface area contributed by atoms with Crippen LogP contribution in [-0.2, 0) is 4.79 Å². The van der Waals surface area contributed by atoms with Gasteiger partial charge in [0.2, 0.25) is 5.91 Å². The third-order valence-electron chi connectivity index (χ3n) is 5.03. The summed E-state index contributed by atoms with van der Waals surface area (Å²) in [5.41, 5.74) is 1.84. The van der Waals surface area contributed by atoms with E-state index < -0.39 is 11.1 Å². The molecule has 4 rings (SSSR count). The zero-order valence-corrected chi connectivity index (χ0v) is 19.9. The Bertz CT molecular complexity index is 1370. The molecular formula is C25H20ClFN4O2S. The van der Waals surface area contributed by atoms with Crippen LogP contribution in [0, 0.1) is 5.82 Å². The number of carbonyl (C=O) groups is 2. The van der Waals surface area contributed by atoms with Gasteiger partial charge in [0.1, 0.15) is 5.82 Å². The van der Waals surface area contributed by atoms with E-state index in [1.807, 2.05) is 0 Å². The molecule has 1 unspecified atom stereocenters. The molecule has 34 heavy (non-hydrogen) atoms. The van der Waals surface area contributed by atoms with Gasteiger partial charge in [-0.05, 0) is 50.2 Å². The molecular weight excluding hydrogens is 475 g/mol. The first-order valence-corrected chi connectivity index (χ1v) is 11.6. The number of aromatic nitrogens is 3. The van der Waals surface area contributed by atoms with Gasteiger partial charge < -0.3 is 5.32 Å². The van der Waals surface area contributed by atoms with Crippen molar-refractivity contribution in [3.8, 4) is 17.1 Å². The fourth-order valence-corrected chi connectivity index (χ4v) is 4.37. The van der Waals surface area contributed by atoms with Gasteiger partial charge >= 0.3 is 0 Å². The highest BCUT2D eigenvalue weighted by atomic mass is 35.5. The molecule has 1 amide bonds. The number of amides is 1. The number of halogens is 2. The fraction of sp³-hybridized carbons (Fsp3) is 0.120. The number of carbonyl (C=O) groups excluding carboxylic acids is 2. The zero-order valence-electron chi connectivity index (χ0n) is 18.3. The Morgan fingerprint density at radius 1 is 1.03 bits per heavy atom. The third-order valence-corrected chi connectivity index (χ3v) is 6.40. The van der Waals surface area contributed by atoms with Crippen molar-refractivity contribution in [3.05, 3.63) is 89.2 Å². The number of hydrogen-bond acceptors (Lipinski definition) is 5. The smallest absolute Gasteiger partial charge is 0.237 e. The maximum absolute atomic E-state index is 14.8.